The van der Waals surface area contributed by atoms with Crippen molar-refractivity contribution in [2.24, 2.45) is 11.8 Å². The SMILES string of the molecule is C1CCCCCCCCCC(C2CCCCCCCCCCC2)CCCCCCCCC1. The lowest BCUT2D eigenvalue weighted by molar-refractivity contribution is 0.235. The lowest BCUT2D eigenvalue weighted by Gasteiger charge is -2.28. The molecule has 0 unspecified atom stereocenters. The zero-order chi connectivity index (χ0) is 22.4. The largest absolute Gasteiger partial charge is 0.0533 e. The Bertz CT molecular complexity index is 340. The van der Waals surface area contributed by atoms with E-state index in [0.29, 0.717) is 0 Å². The second kappa shape index (κ2) is 21.5. The predicted octanol–water partition coefficient (Wildman–Crippen LogP) is 11.9. The fourth-order valence-corrected chi connectivity index (χ4v) is 6.75. The van der Waals surface area contributed by atoms with Crippen molar-refractivity contribution >= 4 is 0 Å². The molecule has 0 aromatic carbocycles. The van der Waals surface area contributed by atoms with E-state index in [2.05, 4.69) is 0 Å². The minimum absolute atomic E-state index is 1.06. The minimum atomic E-state index is 1.06. The summed E-state index contributed by atoms with van der Waals surface area (Å²) in [5.74, 6) is 2.12. The third kappa shape index (κ3) is 15.8. The van der Waals surface area contributed by atoms with Crippen molar-refractivity contribution < 1.29 is 0 Å². The molecule has 0 heterocycles. The van der Waals surface area contributed by atoms with Gasteiger partial charge in [0.15, 0.2) is 0 Å². The molecule has 0 radical (unpaired) electrons. The van der Waals surface area contributed by atoms with E-state index in [9.17, 15) is 0 Å². The van der Waals surface area contributed by atoms with E-state index in [-0.39, 0.29) is 0 Å². The van der Waals surface area contributed by atoms with Crippen LogP contribution in [0.1, 0.15) is 193 Å². The van der Waals surface area contributed by atoms with Gasteiger partial charge in [0.1, 0.15) is 0 Å². The van der Waals surface area contributed by atoms with Crippen LogP contribution < -0.4 is 0 Å². The summed E-state index contributed by atoms with van der Waals surface area (Å²) >= 11 is 0. The minimum Gasteiger partial charge on any atom is -0.0533 e. The molecule has 2 aliphatic rings. The van der Waals surface area contributed by atoms with Gasteiger partial charge < -0.3 is 0 Å². The predicted molar refractivity (Wildman–Crippen MR) is 145 cm³/mol. The van der Waals surface area contributed by atoms with Crippen molar-refractivity contribution in [2.45, 2.75) is 193 Å². The van der Waals surface area contributed by atoms with Gasteiger partial charge in [-0.15, -0.1) is 0 Å². The van der Waals surface area contributed by atoms with Crippen LogP contribution in [0.25, 0.3) is 0 Å². The van der Waals surface area contributed by atoms with E-state index < -0.39 is 0 Å². The lowest BCUT2D eigenvalue weighted by Crippen LogP contribution is -2.16. The molecular weight excluding hydrogens is 384 g/mol. The number of hydrogen-bond acceptors (Lipinski definition) is 0. The maximum Gasteiger partial charge on any atom is -0.0386 e. The first-order chi connectivity index (χ1) is 16.0. The summed E-state index contributed by atoms with van der Waals surface area (Å²) < 4.78 is 0. The molecule has 0 aliphatic heterocycles. The van der Waals surface area contributed by atoms with E-state index in [1.807, 2.05) is 0 Å². The quantitative estimate of drug-likeness (QED) is 0.375. The van der Waals surface area contributed by atoms with E-state index in [1.54, 1.807) is 25.7 Å². The van der Waals surface area contributed by atoms with Crippen molar-refractivity contribution in [1.29, 1.82) is 0 Å². The molecule has 0 heteroatoms. The van der Waals surface area contributed by atoms with Gasteiger partial charge in [-0.1, -0.05) is 193 Å². The third-order valence-corrected chi connectivity index (χ3v) is 8.97. The Morgan fingerprint density at radius 1 is 0.156 bits per heavy atom. The van der Waals surface area contributed by atoms with Crippen molar-refractivity contribution in [2.75, 3.05) is 0 Å². The second-order valence-corrected chi connectivity index (χ2v) is 11.9. The number of hydrogen-bond donors (Lipinski definition) is 0. The van der Waals surface area contributed by atoms with Crippen LogP contribution in [-0.4, -0.2) is 0 Å². The van der Waals surface area contributed by atoms with Crippen LogP contribution in [0.4, 0.5) is 0 Å². The first-order valence-corrected chi connectivity index (χ1v) is 16.0. The van der Waals surface area contributed by atoms with E-state index in [1.165, 1.54) is 167 Å². The highest BCUT2D eigenvalue weighted by molar-refractivity contribution is 4.72. The van der Waals surface area contributed by atoms with Crippen molar-refractivity contribution in [1.82, 2.24) is 0 Å². The molecule has 2 rings (SSSR count). The van der Waals surface area contributed by atoms with Gasteiger partial charge in [0.25, 0.3) is 0 Å². The molecule has 0 amide bonds. The highest BCUT2D eigenvalue weighted by Crippen LogP contribution is 2.34. The molecule has 0 spiro atoms. The molecule has 0 nitrogen and oxygen atoms in total. The van der Waals surface area contributed by atoms with Gasteiger partial charge in [-0.05, 0) is 11.8 Å². The summed E-state index contributed by atoms with van der Waals surface area (Å²) in [6.07, 6.45) is 45.5. The summed E-state index contributed by atoms with van der Waals surface area (Å²) in [7, 11) is 0. The molecule has 190 valence electrons. The molecule has 0 N–H and O–H groups in total. The van der Waals surface area contributed by atoms with Gasteiger partial charge in [0, 0.05) is 0 Å². The Morgan fingerprint density at radius 2 is 0.281 bits per heavy atom. The standard InChI is InChI=1S/C32H62/c1-2-4-6-8-11-15-19-23-27-31(28-24-20-16-12-9-7-5-3-1)32-29-25-21-17-13-10-14-18-22-26-30-32/h31-32H,1-30H2. The van der Waals surface area contributed by atoms with Crippen LogP contribution in [0.5, 0.6) is 0 Å². The lowest BCUT2D eigenvalue weighted by atomic mass is 9.77. The van der Waals surface area contributed by atoms with Crippen molar-refractivity contribution in [3.8, 4) is 0 Å². The second-order valence-electron chi connectivity index (χ2n) is 11.9. The molecule has 2 saturated carbocycles. The molecule has 0 atom stereocenters. The van der Waals surface area contributed by atoms with Crippen LogP contribution in [0.3, 0.4) is 0 Å². The molecule has 0 saturated heterocycles. The summed E-state index contributed by atoms with van der Waals surface area (Å²) in [6.45, 7) is 0. The normalized spacial score (nSPS) is 25.9. The van der Waals surface area contributed by atoms with Gasteiger partial charge in [-0.2, -0.15) is 0 Å². The third-order valence-electron chi connectivity index (χ3n) is 8.97. The Labute approximate surface area is 204 Å². The Hall–Kier alpha value is 0. The van der Waals surface area contributed by atoms with Crippen LogP contribution >= 0.6 is 0 Å². The first-order valence-electron chi connectivity index (χ1n) is 16.0. The van der Waals surface area contributed by atoms with E-state index in [4.69, 9.17) is 0 Å². The van der Waals surface area contributed by atoms with Gasteiger partial charge in [-0.3, -0.25) is 0 Å². The fourth-order valence-electron chi connectivity index (χ4n) is 6.75. The van der Waals surface area contributed by atoms with Crippen LogP contribution in [-0.2, 0) is 0 Å². The molecule has 2 fully saturated rings. The summed E-state index contributed by atoms with van der Waals surface area (Å²) in [4.78, 5) is 0. The fraction of sp³-hybridized carbons (Fsp3) is 1.00. The molecule has 0 aromatic heterocycles. The van der Waals surface area contributed by atoms with E-state index >= 15 is 0 Å². The van der Waals surface area contributed by atoms with Gasteiger partial charge >= 0.3 is 0 Å². The average Bonchev–Trinajstić information content (AvgIpc) is 2.79. The molecule has 0 bridgehead atoms. The summed E-state index contributed by atoms with van der Waals surface area (Å²) in [6, 6.07) is 0. The van der Waals surface area contributed by atoms with Crippen molar-refractivity contribution in [3.63, 3.8) is 0 Å². The van der Waals surface area contributed by atoms with Gasteiger partial charge in [-0.25, -0.2) is 0 Å². The van der Waals surface area contributed by atoms with Crippen LogP contribution in [0.15, 0.2) is 0 Å². The highest BCUT2D eigenvalue weighted by atomic mass is 14.3. The van der Waals surface area contributed by atoms with Crippen molar-refractivity contribution in [3.05, 3.63) is 0 Å². The topological polar surface area (TPSA) is 0 Å². The molecule has 0 aromatic rings. The van der Waals surface area contributed by atoms with Gasteiger partial charge in [0.2, 0.25) is 0 Å². The average molecular weight is 447 g/mol. The maximum atomic E-state index is 1.56. The van der Waals surface area contributed by atoms with Crippen LogP contribution in [0, 0.1) is 11.8 Å². The highest BCUT2D eigenvalue weighted by Gasteiger charge is 2.20. The molecule has 32 heavy (non-hydrogen) atoms. The van der Waals surface area contributed by atoms with Crippen LogP contribution in [0.2, 0.25) is 0 Å². The smallest absolute Gasteiger partial charge is 0.0386 e. The summed E-state index contributed by atoms with van der Waals surface area (Å²) in [5.41, 5.74) is 0. The molecular formula is C32H62. The molecule has 2 aliphatic carbocycles. The zero-order valence-electron chi connectivity index (χ0n) is 22.4. The van der Waals surface area contributed by atoms with Gasteiger partial charge in [0.05, 0.1) is 0 Å². The zero-order valence-corrected chi connectivity index (χ0v) is 22.4. The Morgan fingerprint density at radius 3 is 0.438 bits per heavy atom. The monoisotopic (exact) mass is 446 g/mol. The van der Waals surface area contributed by atoms with E-state index in [0.717, 1.165) is 11.8 Å². The Balaban J connectivity index is 1.79. The first kappa shape index (κ1) is 28.2. The summed E-state index contributed by atoms with van der Waals surface area (Å²) in [5, 5.41) is 0. The Kier molecular flexibility index (Phi) is 19.0. The maximum absolute atomic E-state index is 1.56. The number of rotatable bonds is 1.